The Kier molecular flexibility index (Phi) is 4.99. The Hall–Kier alpha value is -0.870. The fraction of sp³-hybridized carbons (Fsp3) is 0.800. The molecule has 0 amide bonds. The third-order valence-corrected chi connectivity index (χ3v) is 4.48. The Bertz CT molecular complexity index is 399. The van der Waals surface area contributed by atoms with Crippen LogP contribution in [-0.2, 0) is 20.0 Å². The molecule has 0 saturated heterocycles. The van der Waals surface area contributed by atoms with Gasteiger partial charge in [-0.3, -0.25) is 9.58 Å². The SMILES string of the molecule is CCc1nn(C)cc1CN(C)C1CCCCC1CN. The second-order valence-corrected chi connectivity index (χ2v) is 5.89. The zero-order valence-corrected chi connectivity index (χ0v) is 12.6. The molecule has 2 atom stereocenters. The van der Waals surface area contributed by atoms with Gasteiger partial charge in [0, 0.05) is 31.4 Å². The maximum atomic E-state index is 5.94. The number of nitrogens with zero attached hydrogens (tertiary/aromatic N) is 3. The fourth-order valence-corrected chi connectivity index (χ4v) is 3.44. The van der Waals surface area contributed by atoms with Crippen molar-refractivity contribution in [3.05, 3.63) is 17.5 Å². The topological polar surface area (TPSA) is 47.1 Å². The van der Waals surface area contributed by atoms with E-state index in [-0.39, 0.29) is 0 Å². The number of rotatable bonds is 5. The summed E-state index contributed by atoms with van der Waals surface area (Å²) in [5.74, 6) is 0.667. The van der Waals surface area contributed by atoms with Crippen LogP contribution in [0.5, 0.6) is 0 Å². The minimum absolute atomic E-state index is 0.642. The lowest BCUT2D eigenvalue weighted by Gasteiger charge is -2.37. The number of hydrogen-bond donors (Lipinski definition) is 1. The summed E-state index contributed by atoms with van der Waals surface area (Å²) in [6.07, 6.45) is 8.45. The average Bonchev–Trinajstić information content (AvgIpc) is 2.78. The van der Waals surface area contributed by atoms with Gasteiger partial charge in [0.05, 0.1) is 5.69 Å². The summed E-state index contributed by atoms with van der Waals surface area (Å²) in [5, 5.41) is 4.53. The highest BCUT2D eigenvalue weighted by Crippen LogP contribution is 2.28. The summed E-state index contributed by atoms with van der Waals surface area (Å²) < 4.78 is 1.93. The van der Waals surface area contributed by atoms with Crippen LogP contribution in [-0.4, -0.2) is 34.3 Å². The zero-order valence-electron chi connectivity index (χ0n) is 12.6. The van der Waals surface area contributed by atoms with E-state index < -0.39 is 0 Å². The Balaban J connectivity index is 2.04. The zero-order chi connectivity index (χ0) is 13.8. The van der Waals surface area contributed by atoms with Crippen LogP contribution in [0.2, 0.25) is 0 Å². The van der Waals surface area contributed by atoms with Crippen molar-refractivity contribution >= 4 is 0 Å². The largest absolute Gasteiger partial charge is 0.330 e. The highest BCUT2D eigenvalue weighted by Gasteiger charge is 2.27. The lowest BCUT2D eigenvalue weighted by Crippen LogP contribution is -2.42. The van der Waals surface area contributed by atoms with Crippen LogP contribution in [0.25, 0.3) is 0 Å². The van der Waals surface area contributed by atoms with Crippen LogP contribution in [0.4, 0.5) is 0 Å². The van der Waals surface area contributed by atoms with Gasteiger partial charge >= 0.3 is 0 Å². The summed E-state index contributed by atoms with van der Waals surface area (Å²) >= 11 is 0. The molecule has 0 spiro atoms. The van der Waals surface area contributed by atoms with Crippen molar-refractivity contribution in [2.45, 2.75) is 51.6 Å². The molecule has 1 saturated carbocycles. The van der Waals surface area contributed by atoms with E-state index in [1.165, 1.54) is 36.9 Å². The van der Waals surface area contributed by atoms with Gasteiger partial charge in [0.15, 0.2) is 0 Å². The van der Waals surface area contributed by atoms with Crippen LogP contribution >= 0.6 is 0 Å². The first-order valence-corrected chi connectivity index (χ1v) is 7.57. The highest BCUT2D eigenvalue weighted by molar-refractivity contribution is 5.17. The predicted octanol–water partition coefficient (Wildman–Crippen LogP) is 1.93. The van der Waals surface area contributed by atoms with Crippen molar-refractivity contribution < 1.29 is 0 Å². The number of aryl methyl sites for hydroxylation is 2. The molecule has 1 aromatic heterocycles. The molecule has 1 aromatic rings. The lowest BCUT2D eigenvalue weighted by atomic mass is 9.83. The third-order valence-electron chi connectivity index (χ3n) is 4.48. The Labute approximate surface area is 117 Å². The molecule has 0 aromatic carbocycles. The van der Waals surface area contributed by atoms with E-state index in [4.69, 9.17) is 5.73 Å². The number of nitrogens with two attached hydrogens (primary N) is 1. The van der Waals surface area contributed by atoms with Crippen molar-refractivity contribution in [3.63, 3.8) is 0 Å². The third kappa shape index (κ3) is 3.37. The summed E-state index contributed by atoms with van der Waals surface area (Å²) in [4.78, 5) is 2.49. The van der Waals surface area contributed by atoms with E-state index in [1.54, 1.807) is 0 Å². The molecule has 4 heteroatoms. The molecule has 1 aliphatic rings. The van der Waals surface area contributed by atoms with E-state index in [0.717, 1.165) is 19.5 Å². The summed E-state index contributed by atoms with van der Waals surface area (Å²) in [7, 11) is 4.25. The normalized spacial score (nSPS) is 24.1. The number of hydrogen-bond acceptors (Lipinski definition) is 3. The van der Waals surface area contributed by atoms with E-state index in [0.29, 0.717) is 12.0 Å². The molecule has 1 heterocycles. The molecule has 108 valence electrons. The lowest BCUT2D eigenvalue weighted by molar-refractivity contribution is 0.127. The molecule has 2 unspecified atom stereocenters. The first-order chi connectivity index (χ1) is 9.15. The van der Waals surface area contributed by atoms with Crippen LogP contribution in [0.1, 0.15) is 43.9 Å². The van der Waals surface area contributed by atoms with Gasteiger partial charge in [-0.15, -0.1) is 0 Å². The van der Waals surface area contributed by atoms with Gasteiger partial charge in [0.1, 0.15) is 0 Å². The van der Waals surface area contributed by atoms with Gasteiger partial charge in [-0.1, -0.05) is 19.8 Å². The second kappa shape index (κ2) is 6.53. The molecule has 0 radical (unpaired) electrons. The number of aromatic nitrogens is 2. The molecule has 4 nitrogen and oxygen atoms in total. The molecule has 2 rings (SSSR count). The van der Waals surface area contributed by atoms with Gasteiger partial charge in [-0.05, 0) is 38.8 Å². The van der Waals surface area contributed by atoms with Crippen molar-refractivity contribution in [2.24, 2.45) is 18.7 Å². The summed E-state index contributed by atoms with van der Waals surface area (Å²) in [5.41, 5.74) is 8.54. The monoisotopic (exact) mass is 264 g/mol. The van der Waals surface area contributed by atoms with Crippen LogP contribution in [0, 0.1) is 5.92 Å². The summed E-state index contributed by atoms with van der Waals surface area (Å²) in [6.45, 7) is 4.00. The van der Waals surface area contributed by atoms with Crippen molar-refractivity contribution in [2.75, 3.05) is 13.6 Å². The van der Waals surface area contributed by atoms with Crippen molar-refractivity contribution in [3.8, 4) is 0 Å². The van der Waals surface area contributed by atoms with Gasteiger partial charge in [0.25, 0.3) is 0 Å². The van der Waals surface area contributed by atoms with E-state index in [1.807, 2.05) is 11.7 Å². The van der Waals surface area contributed by atoms with Crippen LogP contribution in [0.15, 0.2) is 6.20 Å². The van der Waals surface area contributed by atoms with Crippen molar-refractivity contribution in [1.82, 2.24) is 14.7 Å². The first-order valence-electron chi connectivity index (χ1n) is 7.57. The van der Waals surface area contributed by atoms with Gasteiger partial charge < -0.3 is 5.73 Å². The molecule has 2 N–H and O–H groups in total. The van der Waals surface area contributed by atoms with E-state index in [2.05, 4.69) is 30.2 Å². The summed E-state index contributed by atoms with van der Waals surface area (Å²) in [6, 6.07) is 0.642. The Morgan fingerprint density at radius 1 is 1.42 bits per heavy atom. The van der Waals surface area contributed by atoms with E-state index in [9.17, 15) is 0 Å². The van der Waals surface area contributed by atoms with Crippen LogP contribution in [0.3, 0.4) is 0 Å². The fourth-order valence-electron chi connectivity index (χ4n) is 3.44. The molecule has 1 fully saturated rings. The predicted molar refractivity (Wildman–Crippen MR) is 78.9 cm³/mol. The molecule has 19 heavy (non-hydrogen) atoms. The molecule has 0 aliphatic heterocycles. The Morgan fingerprint density at radius 3 is 2.84 bits per heavy atom. The standard InChI is InChI=1S/C15H28N4/c1-4-14-13(11-19(3)17-14)10-18(2)15-8-6-5-7-12(15)9-16/h11-12,15H,4-10,16H2,1-3H3. The van der Waals surface area contributed by atoms with Gasteiger partial charge in [-0.25, -0.2) is 0 Å². The first kappa shape index (κ1) is 14.5. The van der Waals surface area contributed by atoms with Gasteiger partial charge in [0.2, 0.25) is 0 Å². The maximum absolute atomic E-state index is 5.94. The smallest absolute Gasteiger partial charge is 0.0666 e. The van der Waals surface area contributed by atoms with E-state index >= 15 is 0 Å². The van der Waals surface area contributed by atoms with Gasteiger partial charge in [-0.2, -0.15) is 5.10 Å². The quantitative estimate of drug-likeness (QED) is 0.884. The minimum atomic E-state index is 0.642. The minimum Gasteiger partial charge on any atom is -0.330 e. The Morgan fingerprint density at radius 2 is 2.16 bits per heavy atom. The second-order valence-electron chi connectivity index (χ2n) is 5.89. The van der Waals surface area contributed by atoms with Crippen LogP contribution < -0.4 is 5.73 Å². The maximum Gasteiger partial charge on any atom is 0.0666 e. The molecule has 1 aliphatic carbocycles. The average molecular weight is 264 g/mol. The highest BCUT2D eigenvalue weighted by atomic mass is 15.3. The van der Waals surface area contributed by atoms with Crippen molar-refractivity contribution in [1.29, 1.82) is 0 Å². The molecule has 0 bridgehead atoms. The molecular weight excluding hydrogens is 236 g/mol. The molecular formula is C15H28N4.